The smallest absolute Gasteiger partial charge is 0.00711 e. The minimum absolute atomic E-state index is 0.572. The molecular formula is C8H15N. The summed E-state index contributed by atoms with van der Waals surface area (Å²) >= 11 is 0. The van der Waals surface area contributed by atoms with E-state index in [2.05, 4.69) is 6.92 Å². The van der Waals surface area contributed by atoms with Gasteiger partial charge in [-0.1, -0.05) is 6.92 Å². The van der Waals surface area contributed by atoms with Crippen molar-refractivity contribution < 1.29 is 0 Å². The van der Waals surface area contributed by atoms with Gasteiger partial charge in [0.1, 0.15) is 0 Å². The normalized spacial score (nSPS) is 44.7. The minimum atomic E-state index is 0.572. The third-order valence-corrected chi connectivity index (χ3v) is 2.84. The highest BCUT2D eigenvalue weighted by Crippen LogP contribution is 2.53. The maximum Gasteiger partial charge on any atom is 0.00711 e. The van der Waals surface area contributed by atoms with E-state index in [1.165, 1.54) is 25.7 Å². The Balaban J connectivity index is 1.79. The van der Waals surface area contributed by atoms with Crippen LogP contribution in [0.15, 0.2) is 0 Å². The van der Waals surface area contributed by atoms with E-state index in [0.717, 1.165) is 11.3 Å². The average molecular weight is 125 g/mol. The molecule has 0 spiro atoms. The highest BCUT2D eigenvalue weighted by atomic mass is 14.7. The van der Waals surface area contributed by atoms with Crippen molar-refractivity contribution in [2.75, 3.05) is 0 Å². The molecule has 0 saturated heterocycles. The van der Waals surface area contributed by atoms with E-state index in [4.69, 9.17) is 5.73 Å². The van der Waals surface area contributed by atoms with Gasteiger partial charge in [-0.15, -0.1) is 0 Å². The van der Waals surface area contributed by atoms with Crippen molar-refractivity contribution in [3.05, 3.63) is 0 Å². The van der Waals surface area contributed by atoms with E-state index in [1.807, 2.05) is 0 Å². The highest BCUT2D eigenvalue weighted by Gasteiger charge is 2.45. The van der Waals surface area contributed by atoms with Gasteiger partial charge in [-0.3, -0.25) is 0 Å². The first kappa shape index (κ1) is 5.72. The molecule has 0 heterocycles. The van der Waals surface area contributed by atoms with Gasteiger partial charge in [-0.05, 0) is 37.0 Å². The van der Waals surface area contributed by atoms with Crippen molar-refractivity contribution >= 4 is 0 Å². The van der Waals surface area contributed by atoms with E-state index >= 15 is 0 Å². The lowest BCUT2D eigenvalue weighted by Gasteiger charge is -2.04. The van der Waals surface area contributed by atoms with Crippen LogP contribution in [0.3, 0.4) is 0 Å². The lowest BCUT2D eigenvalue weighted by Crippen LogP contribution is -2.05. The van der Waals surface area contributed by atoms with Gasteiger partial charge in [0.25, 0.3) is 0 Å². The maximum absolute atomic E-state index is 5.70. The zero-order chi connectivity index (χ0) is 6.48. The molecule has 2 saturated carbocycles. The summed E-state index contributed by atoms with van der Waals surface area (Å²) in [7, 11) is 0. The summed E-state index contributed by atoms with van der Waals surface area (Å²) in [6.45, 7) is 2.39. The Morgan fingerprint density at radius 1 is 1.56 bits per heavy atom. The van der Waals surface area contributed by atoms with Crippen molar-refractivity contribution in [2.45, 2.75) is 38.6 Å². The van der Waals surface area contributed by atoms with Gasteiger partial charge in [0.2, 0.25) is 0 Å². The summed E-state index contributed by atoms with van der Waals surface area (Å²) < 4.78 is 0. The molecule has 0 amide bonds. The largest absolute Gasteiger partial charge is 0.327 e. The van der Waals surface area contributed by atoms with Gasteiger partial charge in [-0.25, -0.2) is 0 Å². The molecule has 2 unspecified atom stereocenters. The van der Waals surface area contributed by atoms with Crippen molar-refractivity contribution in [3.63, 3.8) is 0 Å². The molecule has 2 atom stereocenters. The Morgan fingerprint density at radius 3 is 2.44 bits per heavy atom. The number of nitrogens with two attached hydrogens (primary N) is 1. The quantitative estimate of drug-likeness (QED) is 0.595. The van der Waals surface area contributed by atoms with Gasteiger partial charge < -0.3 is 5.73 Å². The Labute approximate surface area is 56.6 Å². The van der Waals surface area contributed by atoms with Crippen LogP contribution in [0.5, 0.6) is 0 Å². The Bertz CT molecular complexity index is 127. The van der Waals surface area contributed by atoms with Gasteiger partial charge in [0, 0.05) is 6.04 Å². The zero-order valence-electron chi connectivity index (χ0n) is 6.06. The average Bonchev–Trinajstić information content (AvgIpc) is 2.58. The van der Waals surface area contributed by atoms with Gasteiger partial charge in [0.15, 0.2) is 0 Å². The zero-order valence-corrected chi connectivity index (χ0v) is 6.06. The molecule has 0 aromatic carbocycles. The summed E-state index contributed by atoms with van der Waals surface area (Å²) in [6, 6.07) is 0.572. The first-order valence-electron chi connectivity index (χ1n) is 3.95. The predicted octanol–water partition coefficient (Wildman–Crippen LogP) is 1.52. The van der Waals surface area contributed by atoms with E-state index in [9.17, 15) is 0 Å². The highest BCUT2D eigenvalue weighted by molar-refractivity contribution is 4.99. The lowest BCUT2D eigenvalue weighted by atomic mass is 10.0. The molecule has 2 aliphatic carbocycles. The molecule has 52 valence electrons. The molecule has 1 nitrogen and oxygen atoms in total. The second-order valence-electron chi connectivity index (χ2n) is 4.17. The van der Waals surface area contributed by atoms with Crippen LogP contribution in [0, 0.1) is 11.3 Å². The summed E-state index contributed by atoms with van der Waals surface area (Å²) in [4.78, 5) is 0. The molecule has 0 bridgehead atoms. The summed E-state index contributed by atoms with van der Waals surface area (Å²) in [5, 5.41) is 0. The van der Waals surface area contributed by atoms with E-state index in [-0.39, 0.29) is 0 Å². The third-order valence-electron chi connectivity index (χ3n) is 2.84. The van der Waals surface area contributed by atoms with Crippen molar-refractivity contribution in [2.24, 2.45) is 17.1 Å². The van der Waals surface area contributed by atoms with Crippen LogP contribution in [0.25, 0.3) is 0 Å². The molecule has 2 fully saturated rings. The monoisotopic (exact) mass is 125 g/mol. The first-order chi connectivity index (χ1) is 4.20. The van der Waals surface area contributed by atoms with Gasteiger partial charge >= 0.3 is 0 Å². The van der Waals surface area contributed by atoms with Crippen LogP contribution in [0.2, 0.25) is 0 Å². The van der Waals surface area contributed by atoms with E-state index in [0.29, 0.717) is 6.04 Å². The van der Waals surface area contributed by atoms with Crippen LogP contribution in [0.4, 0.5) is 0 Å². The standard InChI is InChI=1S/C8H15N/c1-8(2-3-8)5-6-4-7(6)9/h6-7H,2-5,9H2,1H3. The summed E-state index contributed by atoms with van der Waals surface area (Å²) in [6.07, 6.45) is 5.62. The van der Waals surface area contributed by atoms with Crippen molar-refractivity contribution in [1.82, 2.24) is 0 Å². The number of rotatable bonds is 2. The van der Waals surface area contributed by atoms with Crippen LogP contribution in [0.1, 0.15) is 32.6 Å². The fraction of sp³-hybridized carbons (Fsp3) is 1.00. The maximum atomic E-state index is 5.70. The minimum Gasteiger partial charge on any atom is -0.327 e. The fourth-order valence-electron chi connectivity index (χ4n) is 1.56. The molecule has 0 aromatic rings. The molecule has 1 heteroatoms. The molecular weight excluding hydrogens is 110 g/mol. The van der Waals surface area contributed by atoms with Crippen molar-refractivity contribution in [1.29, 1.82) is 0 Å². The lowest BCUT2D eigenvalue weighted by molar-refractivity contribution is 0.473. The van der Waals surface area contributed by atoms with Gasteiger partial charge in [-0.2, -0.15) is 0 Å². The number of hydrogen-bond acceptors (Lipinski definition) is 1. The first-order valence-corrected chi connectivity index (χ1v) is 3.95. The van der Waals surface area contributed by atoms with Crippen LogP contribution < -0.4 is 5.73 Å². The van der Waals surface area contributed by atoms with Crippen LogP contribution >= 0.6 is 0 Å². The van der Waals surface area contributed by atoms with E-state index < -0.39 is 0 Å². The Hall–Kier alpha value is -0.0400. The Kier molecular flexibility index (Phi) is 0.963. The van der Waals surface area contributed by atoms with Crippen LogP contribution in [-0.2, 0) is 0 Å². The van der Waals surface area contributed by atoms with E-state index in [1.54, 1.807) is 0 Å². The third kappa shape index (κ3) is 1.11. The molecule has 0 aromatic heterocycles. The molecule has 2 N–H and O–H groups in total. The molecule has 9 heavy (non-hydrogen) atoms. The molecule has 0 aliphatic heterocycles. The van der Waals surface area contributed by atoms with Crippen LogP contribution in [-0.4, -0.2) is 6.04 Å². The second-order valence-corrected chi connectivity index (χ2v) is 4.17. The Morgan fingerprint density at radius 2 is 2.11 bits per heavy atom. The molecule has 0 radical (unpaired) electrons. The summed E-state index contributed by atoms with van der Waals surface area (Å²) in [5.74, 6) is 0.900. The fourth-order valence-corrected chi connectivity index (χ4v) is 1.56. The predicted molar refractivity (Wildman–Crippen MR) is 38.0 cm³/mol. The SMILES string of the molecule is CC1(CC2CC2N)CC1. The molecule has 2 aliphatic rings. The molecule has 2 rings (SSSR count). The summed E-state index contributed by atoms with van der Waals surface area (Å²) in [5.41, 5.74) is 6.44. The topological polar surface area (TPSA) is 26.0 Å². The second kappa shape index (κ2) is 1.51. The van der Waals surface area contributed by atoms with Crippen molar-refractivity contribution in [3.8, 4) is 0 Å². The number of hydrogen-bond donors (Lipinski definition) is 1. The van der Waals surface area contributed by atoms with Gasteiger partial charge in [0.05, 0.1) is 0 Å².